The van der Waals surface area contributed by atoms with E-state index in [1.54, 1.807) is 13.3 Å². The van der Waals surface area contributed by atoms with Gasteiger partial charge in [-0.3, -0.25) is 4.98 Å². The second-order valence-corrected chi connectivity index (χ2v) is 3.39. The Hall–Kier alpha value is -0.890. The number of nitrogens with two attached hydrogens (primary N) is 1. The molecule has 0 atom stereocenters. The Morgan fingerprint density at radius 3 is 3.00 bits per heavy atom. The van der Waals surface area contributed by atoms with Crippen LogP contribution in [0.2, 0.25) is 0 Å². The van der Waals surface area contributed by atoms with Crippen LogP contribution < -0.4 is 11.1 Å². The third-order valence-electron chi connectivity index (χ3n) is 2.13. The summed E-state index contributed by atoms with van der Waals surface area (Å²) >= 11 is 0. The number of rotatable bonds is 5. The molecular weight excluding hydrogens is 331 g/mol. The molecule has 0 amide bonds. The lowest BCUT2D eigenvalue weighted by molar-refractivity contribution is 0.204. The largest absolute Gasteiger partial charge is 0.383 e. The van der Waals surface area contributed by atoms with Crippen LogP contribution in [0, 0.1) is 6.92 Å². The van der Waals surface area contributed by atoms with Crippen molar-refractivity contribution in [2.24, 2.45) is 10.7 Å². The van der Waals surface area contributed by atoms with Gasteiger partial charge in [0.2, 0.25) is 0 Å². The first kappa shape index (κ1) is 16.1. The first-order chi connectivity index (χ1) is 7.74. The number of hydrogen-bond acceptors (Lipinski definition) is 3. The molecule has 0 saturated carbocycles. The zero-order chi connectivity index (χ0) is 11.8. The van der Waals surface area contributed by atoms with E-state index < -0.39 is 0 Å². The maximum atomic E-state index is 5.67. The topological polar surface area (TPSA) is 72.5 Å². The summed E-state index contributed by atoms with van der Waals surface area (Å²) in [4.78, 5) is 8.42. The Morgan fingerprint density at radius 2 is 2.35 bits per heavy atom. The lowest BCUT2D eigenvalue weighted by atomic mass is 10.2. The van der Waals surface area contributed by atoms with Crippen molar-refractivity contribution in [3.05, 3.63) is 29.6 Å². The van der Waals surface area contributed by atoms with Crippen molar-refractivity contribution in [2.45, 2.75) is 13.5 Å². The number of nitrogens with zero attached hydrogens (tertiary/aromatic N) is 2. The van der Waals surface area contributed by atoms with Crippen LogP contribution in [0.15, 0.2) is 23.3 Å². The zero-order valence-electron chi connectivity index (χ0n) is 10.1. The summed E-state index contributed by atoms with van der Waals surface area (Å²) in [6, 6.07) is 3.91. The van der Waals surface area contributed by atoms with Crippen LogP contribution in [0.5, 0.6) is 0 Å². The van der Waals surface area contributed by atoms with Crippen LogP contribution in [0.1, 0.15) is 11.3 Å². The maximum absolute atomic E-state index is 5.67. The number of hydrogen-bond donors (Lipinski definition) is 2. The van der Waals surface area contributed by atoms with Gasteiger partial charge in [0.1, 0.15) is 0 Å². The maximum Gasteiger partial charge on any atom is 0.189 e. The van der Waals surface area contributed by atoms with E-state index in [4.69, 9.17) is 10.5 Å². The number of nitrogens with one attached hydrogen (secondary N) is 1. The van der Waals surface area contributed by atoms with Gasteiger partial charge in [-0.2, -0.15) is 0 Å². The Kier molecular flexibility index (Phi) is 8.69. The van der Waals surface area contributed by atoms with Crippen molar-refractivity contribution in [1.29, 1.82) is 0 Å². The SMILES string of the molecule is COCCNC(N)=NCc1ncccc1C.I. The van der Waals surface area contributed by atoms with Gasteiger partial charge in [-0.25, -0.2) is 4.99 Å². The molecule has 0 aliphatic carbocycles. The number of pyridine rings is 1. The predicted octanol–water partition coefficient (Wildman–Crippen LogP) is 1.06. The van der Waals surface area contributed by atoms with Crippen molar-refractivity contribution in [1.82, 2.24) is 10.3 Å². The molecule has 5 nitrogen and oxygen atoms in total. The molecular formula is C11H19IN4O. The molecule has 96 valence electrons. The van der Waals surface area contributed by atoms with Gasteiger partial charge in [0.25, 0.3) is 0 Å². The Balaban J connectivity index is 0.00000256. The van der Waals surface area contributed by atoms with E-state index in [1.807, 2.05) is 19.1 Å². The summed E-state index contributed by atoms with van der Waals surface area (Å²) in [5, 5.41) is 2.95. The highest BCUT2D eigenvalue weighted by Crippen LogP contribution is 2.03. The highest BCUT2D eigenvalue weighted by atomic mass is 127. The van der Waals surface area contributed by atoms with Crippen LogP contribution in [-0.2, 0) is 11.3 Å². The van der Waals surface area contributed by atoms with Crippen molar-refractivity contribution in [3.63, 3.8) is 0 Å². The molecule has 0 aliphatic heterocycles. The van der Waals surface area contributed by atoms with E-state index in [1.165, 1.54) is 0 Å². The van der Waals surface area contributed by atoms with Gasteiger partial charge in [-0.1, -0.05) is 6.07 Å². The standard InChI is InChI=1S/C11H18N4O.HI/c1-9-4-3-5-13-10(9)8-15-11(12)14-6-7-16-2;/h3-5H,6-8H2,1-2H3,(H3,12,14,15);1H. The van der Waals surface area contributed by atoms with Crippen molar-refractivity contribution in [2.75, 3.05) is 20.3 Å². The van der Waals surface area contributed by atoms with E-state index in [0.29, 0.717) is 25.7 Å². The number of ether oxygens (including phenoxy) is 1. The second-order valence-electron chi connectivity index (χ2n) is 3.39. The van der Waals surface area contributed by atoms with Gasteiger partial charge < -0.3 is 15.8 Å². The quantitative estimate of drug-likeness (QED) is 0.361. The first-order valence-corrected chi connectivity index (χ1v) is 5.17. The second kappa shape index (κ2) is 9.17. The molecule has 0 aliphatic rings. The molecule has 0 unspecified atom stereocenters. The van der Waals surface area contributed by atoms with Gasteiger partial charge in [0.05, 0.1) is 18.8 Å². The summed E-state index contributed by atoms with van der Waals surface area (Å²) in [6.45, 7) is 3.77. The van der Waals surface area contributed by atoms with E-state index in [-0.39, 0.29) is 24.0 Å². The molecule has 1 rings (SSSR count). The summed E-state index contributed by atoms with van der Waals surface area (Å²) in [7, 11) is 1.65. The fourth-order valence-electron chi connectivity index (χ4n) is 1.18. The molecule has 0 aromatic carbocycles. The molecule has 6 heteroatoms. The molecule has 0 fully saturated rings. The van der Waals surface area contributed by atoms with Crippen molar-refractivity contribution in [3.8, 4) is 0 Å². The summed E-state index contributed by atoms with van der Waals surface area (Å²) in [5.74, 6) is 0.419. The Labute approximate surface area is 119 Å². The van der Waals surface area contributed by atoms with Crippen LogP contribution >= 0.6 is 24.0 Å². The molecule has 1 aromatic rings. The third kappa shape index (κ3) is 6.42. The van der Waals surface area contributed by atoms with Gasteiger partial charge in [0.15, 0.2) is 5.96 Å². The Bertz CT molecular complexity index is 357. The van der Waals surface area contributed by atoms with Crippen LogP contribution in [0.3, 0.4) is 0 Å². The van der Waals surface area contributed by atoms with Gasteiger partial charge in [-0.15, -0.1) is 24.0 Å². The molecule has 1 heterocycles. The van der Waals surface area contributed by atoms with E-state index in [9.17, 15) is 0 Å². The minimum absolute atomic E-state index is 0. The first-order valence-electron chi connectivity index (χ1n) is 5.17. The number of halogens is 1. The lowest BCUT2D eigenvalue weighted by Gasteiger charge is -2.05. The number of methoxy groups -OCH3 is 1. The van der Waals surface area contributed by atoms with Crippen LogP contribution in [0.25, 0.3) is 0 Å². The summed E-state index contributed by atoms with van der Waals surface area (Å²) in [6.07, 6.45) is 1.76. The smallest absolute Gasteiger partial charge is 0.189 e. The molecule has 0 saturated heterocycles. The van der Waals surface area contributed by atoms with Gasteiger partial charge in [0, 0.05) is 19.9 Å². The van der Waals surface area contributed by atoms with Gasteiger partial charge >= 0.3 is 0 Å². The number of aromatic nitrogens is 1. The predicted molar refractivity (Wildman–Crippen MR) is 79.6 cm³/mol. The fraction of sp³-hybridized carbons (Fsp3) is 0.455. The normalized spacial score (nSPS) is 10.8. The minimum Gasteiger partial charge on any atom is -0.383 e. The van der Waals surface area contributed by atoms with Crippen molar-refractivity contribution >= 4 is 29.9 Å². The molecule has 17 heavy (non-hydrogen) atoms. The third-order valence-corrected chi connectivity index (χ3v) is 2.13. The highest BCUT2D eigenvalue weighted by Gasteiger charge is 1.97. The molecule has 0 bridgehead atoms. The summed E-state index contributed by atoms with van der Waals surface area (Å²) in [5.41, 5.74) is 7.73. The molecule has 1 aromatic heterocycles. The van der Waals surface area contributed by atoms with Gasteiger partial charge in [-0.05, 0) is 18.6 Å². The Morgan fingerprint density at radius 1 is 1.59 bits per heavy atom. The molecule has 0 spiro atoms. The van der Waals surface area contributed by atoms with E-state index >= 15 is 0 Å². The minimum atomic E-state index is 0. The van der Waals surface area contributed by atoms with E-state index in [0.717, 1.165) is 11.3 Å². The molecule has 3 N–H and O–H groups in total. The van der Waals surface area contributed by atoms with Crippen LogP contribution in [-0.4, -0.2) is 31.2 Å². The zero-order valence-corrected chi connectivity index (χ0v) is 12.5. The summed E-state index contributed by atoms with van der Waals surface area (Å²) < 4.78 is 4.89. The van der Waals surface area contributed by atoms with Crippen molar-refractivity contribution < 1.29 is 4.74 Å². The number of aryl methyl sites for hydroxylation is 1. The highest BCUT2D eigenvalue weighted by molar-refractivity contribution is 14.0. The fourth-order valence-corrected chi connectivity index (χ4v) is 1.18. The molecule has 0 radical (unpaired) electrons. The number of guanidine groups is 1. The average Bonchev–Trinajstić information content (AvgIpc) is 2.28. The van der Waals surface area contributed by atoms with Crippen LogP contribution in [0.4, 0.5) is 0 Å². The monoisotopic (exact) mass is 350 g/mol. The van der Waals surface area contributed by atoms with E-state index in [2.05, 4.69) is 15.3 Å². The lowest BCUT2D eigenvalue weighted by Crippen LogP contribution is -2.34. The average molecular weight is 350 g/mol. The number of aliphatic imine (C=N–C) groups is 1.